The van der Waals surface area contributed by atoms with E-state index in [4.69, 9.17) is 9.47 Å². The monoisotopic (exact) mass is 336 g/mol. The lowest BCUT2D eigenvalue weighted by atomic mass is 10.1. The molecule has 2 rings (SSSR count). The second kappa shape index (κ2) is 8.94. The van der Waals surface area contributed by atoms with Crippen molar-refractivity contribution in [1.82, 2.24) is 0 Å². The maximum Gasteiger partial charge on any atom is 0.131 e. The number of carbonyl (C=O) groups is 1. The minimum absolute atomic E-state index is 0.0694. The van der Waals surface area contributed by atoms with Crippen LogP contribution < -0.4 is 9.47 Å². The molecule has 3 nitrogen and oxygen atoms in total. The third-order valence-corrected chi connectivity index (χ3v) is 3.34. The highest BCUT2D eigenvalue weighted by Gasteiger charge is 2.02. The van der Waals surface area contributed by atoms with Crippen molar-refractivity contribution in [2.75, 3.05) is 0 Å². The van der Waals surface area contributed by atoms with Crippen molar-refractivity contribution in [2.24, 2.45) is 5.92 Å². The summed E-state index contributed by atoms with van der Waals surface area (Å²) in [6.45, 7) is 7.54. The summed E-state index contributed by atoms with van der Waals surface area (Å²) in [6, 6.07) is 15.2. The van der Waals surface area contributed by atoms with E-state index < -0.39 is 0 Å². The van der Waals surface area contributed by atoms with Gasteiger partial charge in [0.15, 0.2) is 0 Å². The fraction of sp³-hybridized carbons (Fsp3) is 0.318. The van der Waals surface area contributed by atoms with Crippen LogP contribution in [0.4, 0.5) is 0 Å². The Morgan fingerprint density at radius 2 is 1.44 bits per heavy atom. The summed E-state index contributed by atoms with van der Waals surface area (Å²) in [4.78, 5) is 11.1. The number of ketones is 1. The molecule has 0 heterocycles. The normalized spacial score (nSPS) is 11.4. The van der Waals surface area contributed by atoms with Crippen molar-refractivity contribution in [1.29, 1.82) is 0 Å². The Bertz CT molecular complexity index is 747. The van der Waals surface area contributed by atoms with Crippen LogP contribution in [-0.4, -0.2) is 11.9 Å². The Morgan fingerprint density at radius 3 is 1.96 bits per heavy atom. The fourth-order valence-corrected chi connectivity index (χ4v) is 2.29. The molecule has 0 bridgehead atoms. The number of hydrogen-bond acceptors (Lipinski definition) is 3. The third kappa shape index (κ3) is 6.73. The molecule has 3 heteroatoms. The zero-order valence-electron chi connectivity index (χ0n) is 15.2. The molecule has 0 radical (unpaired) electrons. The Labute approximate surface area is 150 Å². The molecule has 0 saturated heterocycles. The predicted octanol–water partition coefficient (Wildman–Crippen LogP) is 5.23. The molecule has 0 fully saturated rings. The van der Waals surface area contributed by atoms with Gasteiger partial charge in [-0.05, 0) is 69.3 Å². The first-order valence-electron chi connectivity index (χ1n) is 8.48. The van der Waals surface area contributed by atoms with Gasteiger partial charge in [-0.2, -0.15) is 0 Å². The van der Waals surface area contributed by atoms with E-state index in [9.17, 15) is 4.79 Å². The fourth-order valence-electron chi connectivity index (χ4n) is 2.29. The first-order chi connectivity index (χ1) is 11.9. The maximum absolute atomic E-state index is 11.1. The Morgan fingerprint density at radius 1 is 0.920 bits per heavy atom. The molecule has 2 aromatic rings. The van der Waals surface area contributed by atoms with Crippen LogP contribution in [0.15, 0.2) is 48.5 Å². The molecule has 25 heavy (non-hydrogen) atoms. The molecule has 0 unspecified atom stereocenters. The van der Waals surface area contributed by atoms with Gasteiger partial charge in [0, 0.05) is 17.9 Å². The van der Waals surface area contributed by atoms with Crippen molar-refractivity contribution < 1.29 is 14.3 Å². The third-order valence-electron chi connectivity index (χ3n) is 3.34. The van der Waals surface area contributed by atoms with E-state index >= 15 is 0 Å². The van der Waals surface area contributed by atoms with E-state index in [1.165, 1.54) is 0 Å². The first-order valence-corrected chi connectivity index (χ1v) is 8.48. The molecule has 2 aromatic carbocycles. The van der Waals surface area contributed by atoms with E-state index in [1.54, 1.807) is 6.92 Å². The van der Waals surface area contributed by atoms with Crippen molar-refractivity contribution in [2.45, 2.75) is 40.2 Å². The van der Waals surface area contributed by atoms with Crippen LogP contribution in [0.2, 0.25) is 0 Å². The lowest BCUT2D eigenvalue weighted by Crippen LogP contribution is -2.05. The molecule has 0 N–H and O–H groups in total. The van der Waals surface area contributed by atoms with Crippen LogP contribution in [-0.2, 0) is 4.79 Å². The minimum Gasteiger partial charge on any atom is -0.491 e. The van der Waals surface area contributed by atoms with E-state index in [0.29, 0.717) is 6.42 Å². The lowest BCUT2D eigenvalue weighted by molar-refractivity contribution is -0.117. The van der Waals surface area contributed by atoms with Crippen molar-refractivity contribution in [3.8, 4) is 29.1 Å². The number of benzene rings is 2. The lowest BCUT2D eigenvalue weighted by Gasteiger charge is -2.10. The van der Waals surface area contributed by atoms with E-state index in [2.05, 4.69) is 11.8 Å². The summed E-state index contributed by atoms with van der Waals surface area (Å²) in [5.41, 5.74) is 0.906. The van der Waals surface area contributed by atoms with Crippen LogP contribution in [0.5, 0.6) is 17.2 Å². The summed E-state index contributed by atoms with van der Waals surface area (Å²) in [5.74, 6) is 8.75. The van der Waals surface area contributed by atoms with Crippen molar-refractivity contribution in [3.05, 3.63) is 54.1 Å². The smallest absolute Gasteiger partial charge is 0.131 e. The topological polar surface area (TPSA) is 35.5 Å². The maximum atomic E-state index is 11.1. The molecule has 0 aliphatic carbocycles. The van der Waals surface area contributed by atoms with E-state index in [0.717, 1.165) is 22.8 Å². The van der Waals surface area contributed by atoms with Gasteiger partial charge in [-0.25, -0.2) is 0 Å². The Hall–Kier alpha value is -2.73. The minimum atomic E-state index is 0.0694. The zero-order chi connectivity index (χ0) is 18.2. The number of hydrogen-bond donors (Lipinski definition) is 0. The van der Waals surface area contributed by atoms with Crippen LogP contribution >= 0.6 is 0 Å². The molecule has 0 saturated carbocycles. The van der Waals surface area contributed by atoms with Crippen LogP contribution in [0, 0.1) is 17.8 Å². The summed E-state index contributed by atoms with van der Waals surface area (Å²) in [7, 11) is 0. The molecule has 130 valence electrons. The van der Waals surface area contributed by atoms with Crippen LogP contribution in [0.3, 0.4) is 0 Å². The molecule has 0 aromatic heterocycles. The molecular weight excluding hydrogens is 312 g/mol. The van der Waals surface area contributed by atoms with Gasteiger partial charge < -0.3 is 9.47 Å². The molecular formula is C22H24O3. The average molecular weight is 336 g/mol. The Kier molecular flexibility index (Phi) is 6.65. The SMILES string of the molecule is CC(=O)C[C@@H](C)C#Cc1ccc(Oc2ccc(OC(C)C)cc2)cc1. The van der Waals surface area contributed by atoms with Crippen molar-refractivity contribution >= 4 is 5.78 Å². The predicted molar refractivity (Wildman–Crippen MR) is 100 cm³/mol. The highest BCUT2D eigenvalue weighted by atomic mass is 16.5. The number of Topliss-reactive ketones (excluding diaryl/α,β-unsaturated/α-hetero) is 1. The summed E-state index contributed by atoms with van der Waals surface area (Å²) >= 11 is 0. The quantitative estimate of drug-likeness (QED) is 0.677. The van der Waals surface area contributed by atoms with E-state index in [1.807, 2.05) is 69.3 Å². The molecule has 0 amide bonds. The summed E-state index contributed by atoms with van der Waals surface area (Å²) < 4.78 is 11.4. The zero-order valence-corrected chi connectivity index (χ0v) is 15.2. The molecule has 1 atom stereocenters. The standard InChI is InChI=1S/C22H24O3/c1-16(2)24-20-11-13-22(14-12-20)25-21-9-7-19(8-10-21)6-5-17(3)15-18(4)23/h7-14,16-17H,15H2,1-4H3/t17-/m0/s1. The molecule has 0 spiro atoms. The highest BCUT2D eigenvalue weighted by molar-refractivity contribution is 5.76. The van der Waals surface area contributed by atoms with E-state index in [-0.39, 0.29) is 17.8 Å². The molecule has 0 aliphatic heterocycles. The van der Waals surface area contributed by atoms with Crippen molar-refractivity contribution in [3.63, 3.8) is 0 Å². The average Bonchev–Trinajstić information content (AvgIpc) is 2.55. The molecule has 0 aliphatic rings. The van der Waals surface area contributed by atoms with Gasteiger partial charge in [0.05, 0.1) is 6.10 Å². The van der Waals surface area contributed by atoms with Crippen LogP contribution in [0.1, 0.15) is 39.7 Å². The Balaban J connectivity index is 1.96. The first kappa shape index (κ1) is 18.6. The van der Waals surface area contributed by atoms with Crippen LogP contribution in [0.25, 0.3) is 0 Å². The number of rotatable bonds is 6. The summed E-state index contributed by atoms with van der Waals surface area (Å²) in [6.07, 6.45) is 0.642. The van der Waals surface area contributed by atoms with Gasteiger partial charge in [-0.15, -0.1) is 0 Å². The second-order valence-electron chi connectivity index (χ2n) is 6.34. The van der Waals surface area contributed by atoms with Gasteiger partial charge in [0.25, 0.3) is 0 Å². The van der Waals surface area contributed by atoms with Gasteiger partial charge in [0.1, 0.15) is 23.0 Å². The highest BCUT2D eigenvalue weighted by Crippen LogP contribution is 2.24. The van der Waals surface area contributed by atoms with Gasteiger partial charge in [0.2, 0.25) is 0 Å². The number of carbonyl (C=O) groups excluding carboxylic acids is 1. The number of ether oxygens (including phenoxy) is 2. The second-order valence-corrected chi connectivity index (χ2v) is 6.34. The van der Waals surface area contributed by atoms with Gasteiger partial charge >= 0.3 is 0 Å². The van der Waals surface area contributed by atoms with Gasteiger partial charge in [-0.1, -0.05) is 18.8 Å². The largest absolute Gasteiger partial charge is 0.491 e. The summed E-state index contributed by atoms with van der Waals surface area (Å²) in [5, 5.41) is 0. The van der Waals surface area contributed by atoms with Gasteiger partial charge in [-0.3, -0.25) is 4.79 Å².